The van der Waals surface area contributed by atoms with Gasteiger partial charge in [0.1, 0.15) is 5.15 Å². The van der Waals surface area contributed by atoms with Crippen LogP contribution in [0.15, 0.2) is 0 Å². The molecule has 0 saturated heterocycles. The van der Waals surface area contributed by atoms with Crippen LogP contribution in [0.5, 0.6) is 0 Å². The van der Waals surface area contributed by atoms with E-state index in [0.29, 0.717) is 23.9 Å². The lowest BCUT2D eigenvalue weighted by molar-refractivity contribution is 0.0112. The predicted octanol–water partition coefficient (Wildman–Crippen LogP) is 3.21. The van der Waals surface area contributed by atoms with E-state index in [9.17, 15) is 0 Å². The van der Waals surface area contributed by atoms with Crippen LogP contribution in [0.1, 0.15) is 50.3 Å². The summed E-state index contributed by atoms with van der Waals surface area (Å²) in [6.45, 7) is 5.90. The van der Waals surface area contributed by atoms with Crippen LogP contribution in [0.3, 0.4) is 0 Å². The highest BCUT2D eigenvalue weighted by Gasteiger charge is 2.22. The van der Waals surface area contributed by atoms with Crippen molar-refractivity contribution in [3.8, 4) is 0 Å². The van der Waals surface area contributed by atoms with Crippen LogP contribution >= 0.6 is 11.6 Å². The molecule has 0 unspecified atom stereocenters. The Labute approximate surface area is 126 Å². The Hall–Kier alpha value is -0.580. The lowest BCUT2D eigenvalue weighted by Crippen LogP contribution is -2.35. The highest BCUT2D eigenvalue weighted by atomic mass is 35.5. The maximum atomic E-state index is 6.22. The van der Waals surface area contributed by atoms with Crippen molar-refractivity contribution in [3.63, 3.8) is 0 Å². The first-order valence-corrected chi connectivity index (χ1v) is 8.02. The largest absolute Gasteiger partial charge is 0.373 e. The van der Waals surface area contributed by atoms with Crippen molar-refractivity contribution in [1.82, 2.24) is 15.1 Å². The standard InChI is InChI=1S/C15H26ClN3O/c1-4-9-17-12-5-7-13(8-6-12)20-10-14-11(2)18-19(3)15(14)16/h12-13,17H,4-10H2,1-3H3. The maximum Gasteiger partial charge on any atom is 0.132 e. The minimum atomic E-state index is 0.366. The number of aromatic nitrogens is 2. The van der Waals surface area contributed by atoms with Gasteiger partial charge in [-0.05, 0) is 45.6 Å². The highest BCUT2D eigenvalue weighted by Crippen LogP contribution is 2.25. The second-order valence-corrected chi connectivity index (χ2v) is 6.08. The molecule has 0 amide bonds. The topological polar surface area (TPSA) is 39.1 Å². The van der Waals surface area contributed by atoms with E-state index in [2.05, 4.69) is 17.3 Å². The van der Waals surface area contributed by atoms with Crippen LogP contribution in [0, 0.1) is 6.92 Å². The number of halogens is 1. The molecule has 0 aliphatic heterocycles. The zero-order valence-electron chi connectivity index (χ0n) is 12.8. The fraction of sp³-hybridized carbons (Fsp3) is 0.800. The third-order valence-electron chi connectivity index (χ3n) is 4.09. The molecule has 1 N–H and O–H groups in total. The van der Waals surface area contributed by atoms with Gasteiger partial charge in [-0.3, -0.25) is 4.68 Å². The summed E-state index contributed by atoms with van der Waals surface area (Å²) >= 11 is 6.22. The molecule has 4 nitrogen and oxygen atoms in total. The molecule has 114 valence electrons. The summed E-state index contributed by atoms with van der Waals surface area (Å²) in [5, 5.41) is 8.61. The Balaban J connectivity index is 1.76. The summed E-state index contributed by atoms with van der Waals surface area (Å²) in [5.74, 6) is 0. The van der Waals surface area contributed by atoms with Gasteiger partial charge in [0.2, 0.25) is 0 Å². The first-order chi connectivity index (χ1) is 9.61. The number of nitrogens with one attached hydrogen (secondary N) is 1. The third kappa shape index (κ3) is 3.96. The lowest BCUT2D eigenvalue weighted by atomic mass is 9.93. The second kappa shape index (κ2) is 7.43. The Morgan fingerprint density at radius 2 is 2.05 bits per heavy atom. The number of nitrogens with zero attached hydrogens (tertiary/aromatic N) is 2. The van der Waals surface area contributed by atoms with Crippen LogP contribution < -0.4 is 5.32 Å². The fourth-order valence-corrected chi connectivity index (χ4v) is 3.05. The second-order valence-electron chi connectivity index (χ2n) is 5.72. The van der Waals surface area contributed by atoms with Crippen molar-refractivity contribution in [3.05, 3.63) is 16.4 Å². The molecule has 20 heavy (non-hydrogen) atoms. The van der Waals surface area contributed by atoms with Gasteiger partial charge in [-0.2, -0.15) is 5.10 Å². The summed E-state index contributed by atoms with van der Waals surface area (Å²) in [6.07, 6.45) is 6.27. The molecule has 1 aliphatic rings. The Bertz CT molecular complexity index is 425. The van der Waals surface area contributed by atoms with Gasteiger partial charge in [0.05, 0.1) is 18.4 Å². The smallest absolute Gasteiger partial charge is 0.132 e. The van der Waals surface area contributed by atoms with E-state index >= 15 is 0 Å². The van der Waals surface area contributed by atoms with Crippen molar-refractivity contribution in [2.24, 2.45) is 7.05 Å². The summed E-state index contributed by atoms with van der Waals surface area (Å²) in [7, 11) is 1.86. The Morgan fingerprint density at radius 1 is 1.35 bits per heavy atom. The van der Waals surface area contributed by atoms with Gasteiger partial charge < -0.3 is 10.1 Å². The lowest BCUT2D eigenvalue weighted by Gasteiger charge is -2.29. The molecule has 2 rings (SSSR count). The Morgan fingerprint density at radius 3 is 2.60 bits per heavy atom. The molecule has 1 aromatic rings. The van der Waals surface area contributed by atoms with Gasteiger partial charge in [-0.25, -0.2) is 0 Å². The van der Waals surface area contributed by atoms with Crippen molar-refractivity contribution >= 4 is 11.6 Å². The predicted molar refractivity (Wildman–Crippen MR) is 82.1 cm³/mol. The highest BCUT2D eigenvalue weighted by molar-refractivity contribution is 6.30. The number of hydrogen-bond acceptors (Lipinski definition) is 3. The molecule has 0 radical (unpaired) electrons. The van der Waals surface area contributed by atoms with Crippen LogP contribution in [0.2, 0.25) is 5.15 Å². The molecule has 1 saturated carbocycles. The van der Waals surface area contributed by atoms with Crippen molar-refractivity contribution in [1.29, 1.82) is 0 Å². The quantitative estimate of drug-likeness (QED) is 0.877. The minimum absolute atomic E-state index is 0.366. The number of hydrogen-bond donors (Lipinski definition) is 1. The van der Waals surface area contributed by atoms with Gasteiger partial charge in [0.15, 0.2) is 0 Å². The van der Waals surface area contributed by atoms with Crippen LogP contribution in [0.4, 0.5) is 0 Å². The zero-order valence-corrected chi connectivity index (χ0v) is 13.5. The van der Waals surface area contributed by atoms with E-state index in [1.54, 1.807) is 4.68 Å². The van der Waals surface area contributed by atoms with Crippen molar-refractivity contribution in [2.75, 3.05) is 6.54 Å². The molecule has 0 atom stereocenters. The monoisotopic (exact) mass is 299 g/mol. The molecule has 1 aromatic heterocycles. The van der Waals surface area contributed by atoms with Gasteiger partial charge in [-0.1, -0.05) is 18.5 Å². The molecule has 0 aromatic carbocycles. The van der Waals surface area contributed by atoms with Crippen molar-refractivity contribution < 1.29 is 4.74 Å². The van der Waals surface area contributed by atoms with E-state index in [1.165, 1.54) is 19.3 Å². The summed E-state index contributed by atoms with van der Waals surface area (Å²) in [5.41, 5.74) is 2.00. The SMILES string of the molecule is CCCNC1CCC(OCc2c(C)nn(C)c2Cl)CC1. The zero-order chi connectivity index (χ0) is 14.5. The average molecular weight is 300 g/mol. The fourth-order valence-electron chi connectivity index (χ4n) is 2.82. The van der Waals surface area contributed by atoms with E-state index in [0.717, 1.165) is 30.6 Å². The first-order valence-electron chi connectivity index (χ1n) is 7.64. The van der Waals surface area contributed by atoms with Crippen LogP contribution in [0.25, 0.3) is 0 Å². The minimum Gasteiger partial charge on any atom is -0.373 e. The molecule has 0 spiro atoms. The first kappa shape index (κ1) is 15.8. The van der Waals surface area contributed by atoms with E-state index < -0.39 is 0 Å². The number of ether oxygens (including phenoxy) is 1. The number of rotatable bonds is 6. The molecule has 1 fully saturated rings. The summed E-state index contributed by atoms with van der Waals surface area (Å²) in [4.78, 5) is 0. The average Bonchev–Trinajstić information content (AvgIpc) is 2.69. The molecular formula is C15H26ClN3O. The van der Waals surface area contributed by atoms with Crippen LogP contribution in [-0.2, 0) is 18.4 Å². The maximum absolute atomic E-state index is 6.22. The Kier molecular flexibility index (Phi) is 5.87. The summed E-state index contributed by atoms with van der Waals surface area (Å²) < 4.78 is 7.74. The molecular weight excluding hydrogens is 274 g/mol. The van der Waals surface area contributed by atoms with E-state index in [4.69, 9.17) is 16.3 Å². The van der Waals surface area contributed by atoms with Crippen LogP contribution in [-0.4, -0.2) is 28.5 Å². The third-order valence-corrected chi connectivity index (χ3v) is 4.56. The van der Waals surface area contributed by atoms with Gasteiger partial charge in [0.25, 0.3) is 0 Å². The number of aryl methyl sites for hydroxylation is 2. The molecule has 0 bridgehead atoms. The summed E-state index contributed by atoms with van der Waals surface area (Å²) in [6, 6.07) is 0.679. The van der Waals surface area contributed by atoms with Gasteiger partial charge >= 0.3 is 0 Å². The van der Waals surface area contributed by atoms with Crippen molar-refractivity contribution in [2.45, 2.75) is 64.7 Å². The molecule has 1 aliphatic carbocycles. The van der Waals surface area contributed by atoms with Gasteiger partial charge in [0, 0.05) is 18.7 Å². The van der Waals surface area contributed by atoms with Gasteiger partial charge in [-0.15, -0.1) is 0 Å². The molecule has 1 heterocycles. The molecule has 5 heteroatoms. The van der Waals surface area contributed by atoms with E-state index in [1.807, 2.05) is 14.0 Å². The van der Waals surface area contributed by atoms with E-state index in [-0.39, 0.29) is 0 Å². The normalized spacial score (nSPS) is 23.2.